The smallest absolute Gasteiger partial charge is 0.144 e. The number of hydrogen-bond donors (Lipinski definition) is 0. The van der Waals surface area contributed by atoms with Crippen LogP contribution in [-0.2, 0) is 0 Å². The summed E-state index contributed by atoms with van der Waals surface area (Å²) >= 11 is 11.8. The van der Waals surface area contributed by atoms with Gasteiger partial charge in [-0.05, 0) is 22.6 Å². The zero-order valence-electron chi connectivity index (χ0n) is 6.35. The highest BCUT2D eigenvalue weighted by atomic mass is 35.5. The molecule has 0 radical (unpaired) electrons. The average molecular weight is 215 g/mol. The third-order valence-electron chi connectivity index (χ3n) is 1.52. The number of rotatable bonds is 1. The van der Waals surface area contributed by atoms with E-state index in [0.717, 1.165) is 0 Å². The summed E-state index contributed by atoms with van der Waals surface area (Å²) in [7, 11) is 0. The molecule has 6 heteroatoms. The Balaban J connectivity index is 2.64. The molecule has 0 spiro atoms. The van der Waals surface area contributed by atoms with E-state index in [1.54, 1.807) is 18.2 Å². The molecular weight excluding hydrogens is 211 g/mol. The van der Waals surface area contributed by atoms with Crippen molar-refractivity contribution in [2.24, 2.45) is 0 Å². The highest BCUT2D eigenvalue weighted by Crippen LogP contribution is 2.26. The Morgan fingerprint density at radius 2 is 1.85 bits per heavy atom. The Labute approximate surface area is 84.1 Å². The molecule has 4 nitrogen and oxygen atoms in total. The standard InChI is InChI=1S/C7H4Cl2N4/c8-5-2-1-3-6(9)7(5)13-4-10-11-12-13/h1-4H. The maximum Gasteiger partial charge on any atom is 0.144 e. The molecule has 0 unspecified atom stereocenters. The van der Waals surface area contributed by atoms with Crippen molar-refractivity contribution in [3.63, 3.8) is 0 Å². The van der Waals surface area contributed by atoms with E-state index < -0.39 is 0 Å². The van der Waals surface area contributed by atoms with Crippen LogP contribution in [0.25, 0.3) is 5.69 Å². The van der Waals surface area contributed by atoms with Gasteiger partial charge in [-0.25, -0.2) is 0 Å². The Kier molecular flexibility index (Phi) is 2.16. The molecule has 0 aliphatic rings. The van der Waals surface area contributed by atoms with Crippen molar-refractivity contribution in [2.45, 2.75) is 0 Å². The Hall–Kier alpha value is -1.13. The predicted molar refractivity (Wildman–Crippen MR) is 49.2 cm³/mol. The van der Waals surface area contributed by atoms with E-state index in [-0.39, 0.29) is 0 Å². The van der Waals surface area contributed by atoms with E-state index in [9.17, 15) is 0 Å². The van der Waals surface area contributed by atoms with Crippen LogP contribution in [0.2, 0.25) is 10.0 Å². The second kappa shape index (κ2) is 3.32. The van der Waals surface area contributed by atoms with Crippen molar-refractivity contribution in [1.82, 2.24) is 20.2 Å². The van der Waals surface area contributed by atoms with E-state index in [1.165, 1.54) is 11.0 Å². The van der Waals surface area contributed by atoms with Gasteiger partial charge in [-0.1, -0.05) is 29.3 Å². The number of tetrazole rings is 1. The fraction of sp³-hybridized carbons (Fsp3) is 0. The van der Waals surface area contributed by atoms with Gasteiger partial charge in [0.25, 0.3) is 0 Å². The highest BCUT2D eigenvalue weighted by molar-refractivity contribution is 6.37. The van der Waals surface area contributed by atoms with Gasteiger partial charge in [0.1, 0.15) is 12.0 Å². The minimum atomic E-state index is 0.514. The van der Waals surface area contributed by atoms with Crippen molar-refractivity contribution < 1.29 is 0 Å². The molecule has 0 atom stereocenters. The normalized spacial score (nSPS) is 10.3. The number of aromatic nitrogens is 4. The van der Waals surface area contributed by atoms with E-state index in [4.69, 9.17) is 23.2 Å². The molecule has 1 aromatic carbocycles. The van der Waals surface area contributed by atoms with E-state index in [2.05, 4.69) is 15.5 Å². The number of para-hydroxylation sites is 1. The first kappa shape index (κ1) is 8.47. The first-order chi connectivity index (χ1) is 6.29. The van der Waals surface area contributed by atoms with Crippen molar-refractivity contribution in [3.8, 4) is 5.69 Å². The third kappa shape index (κ3) is 1.50. The topological polar surface area (TPSA) is 43.6 Å². The van der Waals surface area contributed by atoms with Crippen LogP contribution in [0.5, 0.6) is 0 Å². The molecule has 0 N–H and O–H groups in total. The van der Waals surface area contributed by atoms with Gasteiger partial charge < -0.3 is 0 Å². The predicted octanol–water partition coefficient (Wildman–Crippen LogP) is 1.97. The number of hydrogen-bond acceptors (Lipinski definition) is 3. The molecule has 0 bridgehead atoms. The fourth-order valence-electron chi connectivity index (χ4n) is 0.972. The summed E-state index contributed by atoms with van der Waals surface area (Å²) in [5.41, 5.74) is 0.593. The molecule has 66 valence electrons. The summed E-state index contributed by atoms with van der Waals surface area (Å²) in [6.07, 6.45) is 1.44. The molecule has 13 heavy (non-hydrogen) atoms. The van der Waals surface area contributed by atoms with Gasteiger partial charge in [0.2, 0.25) is 0 Å². The van der Waals surface area contributed by atoms with Crippen LogP contribution in [0.1, 0.15) is 0 Å². The SMILES string of the molecule is Clc1cccc(Cl)c1-n1cnnn1. The summed E-state index contributed by atoms with van der Waals surface area (Å²) in [5.74, 6) is 0. The minimum absolute atomic E-state index is 0.514. The Morgan fingerprint density at radius 3 is 2.38 bits per heavy atom. The second-order valence-electron chi connectivity index (χ2n) is 2.32. The number of halogens is 2. The van der Waals surface area contributed by atoms with Crippen LogP contribution in [-0.4, -0.2) is 20.2 Å². The largest absolute Gasteiger partial charge is 0.198 e. The van der Waals surface area contributed by atoms with Gasteiger partial charge in [0.05, 0.1) is 10.0 Å². The lowest BCUT2D eigenvalue weighted by Gasteiger charge is -2.03. The van der Waals surface area contributed by atoms with Crippen LogP contribution in [0.4, 0.5) is 0 Å². The Morgan fingerprint density at radius 1 is 1.15 bits per heavy atom. The molecule has 1 heterocycles. The first-order valence-corrected chi connectivity index (χ1v) is 4.22. The van der Waals surface area contributed by atoms with Crippen molar-refractivity contribution in [2.75, 3.05) is 0 Å². The zero-order chi connectivity index (χ0) is 9.26. The zero-order valence-corrected chi connectivity index (χ0v) is 7.87. The maximum absolute atomic E-state index is 5.92. The fourth-order valence-corrected chi connectivity index (χ4v) is 1.54. The lowest BCUT2D eigenvalue weighted by atomic mass is 10.3. The van der Waals surface area contributed by atoms with Crippen molar-refractivity contribution in [3.05, 3.63) is 34.6 Å². The van der Waals surface area contributed by atoms with E-state index in [1.807, 2.05) is 0 Å². The van der Waals surface area contributed by atoms with E-state index in [0.29, 0.717) is 15.7 Å². The molecule has 1 aromatic heterocycles. The van der Waals surface area contributed by atoms with Gasteiger partial charge in [-0.3, -0.25) is 0 Å². The van der Waals surface area contributed by atoms with Crippen LogP contribution in [0.3, 0.4) is 0 Å². The molecule has 0 aliphatic carbocycles. The molecule has 0 saturated carbocycles. The molecule has 2 rings (SSSR count). The van der Waals surface area contributed by atoms with Crippen molar-refractivity contribution in [1.29, 1.82) is 0 Å². The summed E-state index contributed by atoms with van der Waals surface area (Å²) < 4.78 is 1.42. The van der Waals surface area contributed by atoms with Crippen LogP contribution < -0.4 is 0 Å². The lowest BCUT2D eigenvalue weighted by Crippen LogP contribution is -1.96. The molecule has 0 aliphatic heterocycles. The van der Waals surface area contributed by atoms with E-state index >= 15 is 0 Å². The minimum Gasteiger partial charge on any atom is -0.198 e. The van der Waals surface area contributed by atoms with Crippen LogP contribution in [0.15, 0.2) is 24.5 Å². The van der Waals surface area contributed by atoms with Gasteiger partial charge in [-0.15, -0.1) is 5.10 Å². The maximum atomic E-state index is 5.92. The molecule has 0 amide bonds. The van der Waals surface area contributed by atoms with Gasteiger partial charge >= 0.3 is 0 Å². The highest BCUT2D eigenvalue weighted by Gasteiger charge is 2.07. The first-order valence-electron chi connectivity index (χ1n) is 3.46. The number of nitrogens with zero attached hydrogens (tertiary/aromatic N) is 4. The second-order valence-corrected chi connectivity index (χ2v) is 3.14. The van der Waals surface area contributed by atoms with Gasteiger partial charge in [0.15, 0.2) is 0 Å². The molecule has 2 aromatic rings. The molecule has 0 saturated heterocycles. The summed E-state index contributed by atoms with van der Waals surface area (Å²) in [5, 5.41) is 11.7. The average Bonchev–Trinajstić information content (AvgIpc) is 2.57. The summed E-state index contributed by atoms with van der Waals surface area (Å²) in [6.45, 7) is 0. The number of benzene rings is 1. The van der Waals surface area contributed by atoms with Gasteiger partial charge in [0, 0.05) is 0 Å². The lowest BCUT2D eigenvalue weighted by molar-refractivity contribution is 0.789. The Bertz CT molecular complexity index is 392. The van der Waals surface area contributed by atoms with Gasteiger partial charge in [-0.2, -0.15) is 4.68 Å². The van der Waals surface area contributed by atoms with Crippen LogP contribution in [0, 0.1) is 0 Å². The summed E-state index contributed by atoms with van der Waals surface area (Å²) in [6, 6.07) is 5.22. The van der Waals surface area contributed by atoms with Crippen molar-refractivity contribution >= 4 is 23.2 Å². The third-order valence-corrected chi connectivity index (χ3v) is 2.13. The monoisotopic (exact) mass is 214 g/mol. The molecular formula is C7H4Cl2N4. The quantitative estimate of drug-likeness (QED) is 0.730. The molecule has 0 fully saturated rings. The van der Waals surface area contributed by atoms with Crippen LogP contribution >= 0.6 is 23.2 Å². The summed E-state index contributed by atoms with van der Waals surface area (Å²) in [4.78, 5) is 0.